The highest BCUT2D eigenvalue weighted by atomic mass is 14.9. The molecule has 0 unspecified atom stereocenters. The van der Waals surface area contributed by atoms with Crippen molar-refractivity contribution in [1.29, 1.82) is 0 Å². The van der Waals surface area contributed by atoms with E-state index in [0.717, 1.165) is 71.9 Å². The van der Waals surface area contributed by atoms with Crippen LogP contribution in [0.1, 0.15) is 127 Å². The largest absolute Gasteiger partial charge is 0.287 e. The molecule has 6 heteroatoms. The van der Waals surface area contributed by atoms with Gasteiger partial charge in [-0.2, -0.15) is 0 Å². The first-order chi connectivity index (χ1) is 24.9. The Morgan fingerprint density at radius 3 is 0.647 bits per heavy atom. The lowest BCUT2D eigenvalue weighted by Gasteiger charge is -2.25. The van der Waals surface area contributed by atoms with E-state index in [4.69, 9.17) is 30.0 Å². The van der Waals surface area contributed by atoms with Gasteiger partial charge in [0.25, 0.3) is 0 Å². The summed E-state index contributed by atoms with van der Waals surface area (Å²) in [6.07, 6.45) is 26.1. The summed E-state index contributed by atoms with van der Waals surface area (Å²) in [4.78, 5) is 30.9. The number of fused-ring (bicyclic) bond motifs is 9. The average Bonchev–Trinajstić information content (AvgIpc) is 3.13. The predicted octanol–water partition coefficient (Wildman–Crippen LogP) is 9.47. The first-order valence-electron chi connectivity index (χ1n) is 19.5. The molecule has 0 aromatic heterocycles. The first kappa shape index (κ1) is 35.1. The summed E-state index contributed by atoms with van der Waals surface area (Å²) in [5.41, 5.74) is 10.4. The van der Waals surface area contributed by atoms with Crippen LogP contribution in [0.25, 0.3) is 0 Å². The molecule has 51 heavy (non-hydrogen) atoms. The van der Waals surface area contributed by atoms with Crippen LogP contribution >= 0.6 is 0 Å². The summed E-state index contributed by atoms with van der Waals surface area (Å²) < 4.78 is 0. The third-order valence-corrected chi connectivity index (χ3v) is 10.9. The third-order valence-electron chi connectivity index (χ3n) is 10.9. The van der Waals surface area contributed by atoms with Gasteiger partial charge < -0.3 is 0 Å². The molecule has 1 aliphatic heterocycles. The zero-order chi connectivity index (χ0) is 35.0. The molecule has 6 nitrogen and oxygen atoms in total. The van der Waals surface area contributed by atoms with Gasteiger partial charge in [-0.25, -0.2) is 0 Å². The molecule has 4 aliphatic rings. The van der Waals surface area contributed by atoms with Gasteiger partial charge in [0.2, 0.25) is 0 Å². The summed E-state index contributed by atoms with van der Waals surface area (Å²) in [5, 5.41) is 0. The molecule has 3 aliphatic carbocycles. The molecule has 0 amide bonds. The van der Waals surface area contributed by atoms with Gasteiger partial charge in [-0.3, -0.25) is 30.0 Å². The SMILES string of the molecule is Cc1cc2cc(c1)C=N[C@@H]1CCCC[C@H]1N=Cc1cc(C)cc(c1)C=N[C@@H]1CCCC[C@H]1N=Cc1cc(C)cc(c1)C=N[C@@H]1CCCC[C@H]1N=C2. The van der Waals surface area contributed by atoms with E-state index in [9.17, 15) is 0 Å². The van der Waals surface area contributed by atoms with Crippen LogP contribution in [0.3, 0.4) is 0 Å². The standard InChI is InChI=1S/C45H54N6/c1-31-16-34-22-35(17-31)26-47-41-11-5-7-13-43(41)49-28-37-19-33(3)21-39(24-37)30-51-45-15-9-8-14-44(45)50-29-38-20-32(2)18-36(23-38)27-48-42-12-6-4-10-40(42)46-25-34/h16-30,40-45H,4-15H2,1-3H3/t40-,41-,42-,43-,44-,45-/m1/s1. The van der Waals surface area contributed by atoms with Crippen LogP contribution in [0.5, 0.6) is 0 Å². The number of hydrogen-bond donors (Lipinski definition) is 0. The van der Waals surface area contributed by atoms with Crippen molar-refractivity contribution in [2.75, 3.05) is 0 Å². The fourth-order valence-electron chi connectivity index (χ4n) is 8.39. The summed E-state index contributed by atoms with van der Waals surface area (Å²) in [6, 6.07) is 21.1. The molecule has 3 saturated carbocycles. The maximum absolute atomic E-state index is 5.15. The predicted molar refractivity (Wildman–Crippen MR) is 217 cm³/mol. The Kier molecular flexibility index (Phi) is 11.6. The molecule has 1 heterocycles. The van der Waals surface area contributed by atoms with Gasteiger partial charge in [0.15, 0.2) is 0 Å². The van der Waals surface area contributed by atoms with E-state index < -0.39 is 0 Å². The molecule has 3 fully saturated rings. The summed E-state index contributed by atoms with van der Waals surface area (Å²) in [7, 11) is 0. The summed E-state index contributed by atoms with van der Waals surface area (Å²) in [6.45, 7) is 6.48. The second-order valence-corrected chi connectivity index (χ2v) is 15.5. The van der Waals surface area contributed by atoms with E-state index in [1.165, 1.54) is 55.2 Å². The fourth-order valence-corrected chi connectivity index (χ4v) is 8.39. The van der Waals surface area contributed by atoms with Crippen molar-refractivity contribution in [1.82, 2.24) is 0 Å². The van der Waals surface area contributed by atoms with Gasteiger partial charge in [-0.15, -0.1) is 0 Å². The van der Waals surface area contributed by atoms with Crippen molar-refractivity contribution >= 4 is 37.3 Å². The Morgan fingerprint density at radius 2 is 0.471 bits per heavy atom. The first-order valence-corrected chi connectivity index (χ1v) is 19.5. The molecular formula is C45H54N6. The van der Waals surface area contributed by atoms with Gasteiger partial charge in [0, 0.05) is 37.3 Å². The fraction of sp³-hybridized carbons (Fsp3) is 0.467. The number of hydrogen-bond acceptors (Lipinski definition) is 6. The Hall–Kier alpha value is -4.32. The zero-order valence-electron chi connectivity index (χ0n) is 30.8. The zero-order valence-corrected chi connectivity index (χ0v) is 30.8. The molecule has 3 aromatic rings. The van der Waals surface area contributed by atoms with Crippen molar-refractivity contribution in [2.24, 2.45) is 30.0 Å². The second-order valence-electron chi connectivity index (χ2n) is 15.5. The van der Waals surface area contributed by atoms with Gasteiger partial charge >= 0.3 is 0 Å². The quantitative estimate of drug-likeness (QED) is 0.227. The van der Waals surface area contributed by atoms with E-state index in [-0.39, 0.29) is 36.3 Å². The van der Waals surface area contributed by atoms with Gasteiger partial charge in [-0.05, 0) is 128 Å². The van der Waals surface area contributed by atoms with Gasteiger partial charge in [0.05, 0.1) is 36.3 Å². The minimum Gasteiger partial charge on any atom is -0.287 e. The van der Waals surface area contributed by atoms with Crippen LogP contribution < -0.4 is 0 Å². The molecule has 264 valence electrons. The Balaban J connectivity index is 1.24. The topological polar surface area (TPSA) is 74.2 Å². The second kappa shape index (κ2) is 16.8. The van der Waals surface area contributed by atoms with Crippen molar-refractivity contribution < 1.29 is 0 Å². The Morgan fingerprint density at radius 1 is 0.294 bits per heavy atom. The van der Waals surface area contributed by atoms with Crippen LogP contribution in [-0.2, 0) is 0 Å². The Labute approximate surface area is 305 Å². The van der Waals surface area contributed by atoms with Crippen LogP contribution in [-0.4, -0.2) is 73.5 Å². The molecule has 0 N–H and O–H groups in total. The average molecular weight is 679 g/mol. The van der Waals surface area contributed by atoms with Crippen LogP contribution in [0.2, 0.25) is 0 Å². The maximum atomic E-state index is 5.15. The van der Waals surface area contributed by atoms with Crippen LogP contribution in [0.4, 0.5) is 0 Å². The molecule has 7 rings (SSSR count). The summed E-state index contributed by atoms with van der Waals surface area (Å²) >= 11 is 0. The van der Waals surface area contributed by atoms with Crippen molar-refractivity contribution in [3.8, 4) is 0 Å². The highest BCUT2D eigenvalue weighted by molar-refractivity contribution is 5.89. The van der Waals surface area contributed by atoms with Crippen molar-refractivity contribution in [3.63, 3.8) is 0 Å². The maximum Gasteiger partial charge on any atom is 0.0723 e. The molecule has 6 atom stereocenters. The van der Waals surface area contributed by atoms with E-state index in [2.05, 4.69) is 113 Å². The van der Waals surface area contributed by atoms with Gasteiger partial charge in [0.1, 0.15) is 0 Å². The number of benzene rings is 3. The van der Waals surface area contributed by atoms with Crippen LogP contribution in [0.15, 0.2) is 84.6 Å². The third kappa shape index (κ3) is 9.72. The molecule has 0 radical (unpaired) electrons. The number of rotatable bonds is 0. The lowest BCUT2D eigenvalue weighted by molar-refractivity contribution is 0.390. The number of aliphatic imine (C=N–C) groups is 6. The van der Waals surface area contributed by atoms with Gasteiger partial charge in [-0.1, -0.05) is 74.9 Å². The highest BCUT2D eigenvalue weighted by Gasteiger charge is 2.25. The lowest BCUT2D eigenvalue weighted by Crippen LogP contribution is -2.27. The number of nitrogens with zero attached hydrogens (tertiary/aromatic N) is 6. The smallest absolute Gasteiger partial charge is 0.0723 e. The Bertz CT molecular complexity index is 1510. The van der Waals surface area contributed by atoms with Crippen LogP contribution in [0, 0.1) is 20.8 Å². The van der Waals surface area contributed by atoms with Crippen molar-refractivity contribution in [3.05, 3.63) is 105 Å². The minimum atomic E-state index is 0.190. The highest BCUT2D eigenvalue weighted by Crippen LogP contribution is 2.27. The molecule has 3 aromatic carbocycles. The van der Waals surface area contributed by atoms with E-state index in [1.807, 2.05) is 0 Å². The normalized spacial score (nSPS) is 26.9. The molecule has 6 bridgehead atoms. The van der Waals surface area contributed by atoms with E-state index >= 15 is 0 Å². The molecular weight excluding hydrogens is 625 g/mol. The molecule has 0 saturated heterocycles. The van der Waals surface area contributed by atoms with E-state index in [1.54, 1.807) is 0 Å². The lowest BCUT2D eigenvalue weighted by atomic mass is 9.91. The van der Waals surface area contributed by atoms with Crippen molar-refractivity contribution in [2.45, 2.75) is 134 Å². The number of aryl methyl sites for hydroxylation is 3. The molecule has 0 spiro atoms. The van der Waals surface area contributed by atoms with E-state index in [0.29, 0.717) is 0 Å². The minimum absolute atomic E-state index is 0.190. The monoisotopic (exact) mass is 678 g/mol. The summed E-state index contributed by atoms with van der Waals surface area (Å²) in [5.74, 6) is 0.